The third kappa shape index (κ3) is 4.21. The Kier molecular flexibility index (Phi) is 5.73. The number of benzene rings is 3. The fourth-order valence-corrected chi connectivity index (χ4v) is 5.65. The molecule has 3 aromatic carbocycles. The Morgan fingerprint density at radius 2 is 1.95 bits per heavy atom. The number of H-pyrrole nitrogens is 1. The molecule has 9 heteroatoms. The van der Waals surface area contributed by atoms with Crippen LogP contribution in [0.2, 0.25) is 0 Å². The van der Waals surface area contributed by atoms with Gasteiger partial charge in [0.25, 0.3) is 0 Å². The van der Waals surface area contributed by atoms with Crippen LogP contribution in [0.5, 0.6) is 5.75 Å². The number of fused-ring (bicyclic) bond motifs is 4. The molecule has 1 aliphatic carbocycles. The molecule has 5 aromatic rings. The number of nitrogens with one attached hydrogen (secondary N) is 1. The molecule has 0 radical (unpaired) electrons. The van der Waals surface area contributed by atoms with Crippen LogP contribution in [-0.4, -0.2) is 18.0 Å². The third-order valence-corrected chi connectivity index (χ3v) is 7.55. The molecular formula is C29H24FN3O4S. The minimum absolute atomic E-state index is 0.0761. The molecule has 38 heavy (non-hydrogen) atoms. The van der Waals surface area contributed by atoms with Crippen molar-refractivity contribution in [3.8, 4) is 22.9 Å². The molecular weight excluding hydrogens is 505 g/mol. The van der Waals surface area contributed by atoms with Crippen LogP contribution in [0.25, 0.3) is 44.0 Å². The quantitative estimate of drug-likeness (QED) is 0.244. The predicted molar refractivity (Wildman–Crippen MR) is 145 cm³/mol. The minimum atomic E-state index is -5.16. The van der Waals surface area contributed by atoms with Crippen molar-refractivity contribution in [1.29, 1.82) is 5.26 Å². The van der Waals surface area contributed by atoms with Crippen LogP contribution in [0.3, 0.4) is 0 Å². The molecule has 1 fully saturated rings. The minimum Gasteiger partial charge on any atom is -0.358 e. The molecule has 0 unspecified atom stereocenters. The van der Waals surface area contributed by atoms with Crippen molar-refractivity contribution < 1.29 is 16.5 Å². The van der Waals surface area contributed by atoms with Crippen LogP contribution in [0.1, 0.15) is 49.8 Å². The maximum absolute atomic E-state index is 14.0. The lowest BCUT2D eigenvalue weighted by molar-refractivity contribution is 0.440. The Hall–Kier alpha value is -4.16. The van der Waals surface area contributed by atoms with Crippen molar-refractivity contribution in [3.05, 3.63) is 75.9 Å². The summed E-state index contributed by atoms with van der Waals surface area (Å²) < 4.78 is 42.1. The summed E-state index contributed by atoms with van der Waals surface area (Å²) >= 11 is 0. The highest BCUT2D eigenvalue weighted by molar-refractivity contribution is 7.81. The van der Waals surface area contributed by atoms with Crippen molar-refractivity contribution in [2.75, 3.05) is 0 Å². The number of nitrogens with zero attached hydrogens (tertiary/aromatic N) is 2. The van der Waals surface area contributed by atoms with Crippen molar-refractivity contribution in [2.24, 2.45) is 0 Å². The number of aryl methyl sites for hydroxylation is 1. The van der Waals surface area contributed by atoms with E-state index in [9.17, 15) is 22.4 Å². The average molecular weight is 530 g/mol. The van der Waals surface area contributed by atoms with Gasteiger partial charge in [-0.15, -0.1) is 0 Å². The molecule has 2 aromatic heterocycles. The van der Waals surface area contributed by atoms with E-state index < -0.39 is 10.5 Å². The fraction of sp³-hybridized carbons (Fsp3) is 0.241. The topological polar surface area (TPSA) is 105 Å². The summed E-state index contributed by atoms with van der Waals surface area (Å²) in [5, 5.41) is 11.4. The number of halogens is 1. The summed E-state index contributed by atoms with van der Waals surface area (Å²) in [5.74, 6) is -0.120. The van der Waals surface area contributed by atoms with Gasteiger partial charge in [0.2, 0.25) is 0 Å². The smallest absolute Gasteiger partial charge is 0.358 e. The molecule has 192 valence electrons. The summed E-state index contributed by atoms with van der Waals surface area (Å²) in [6.45, 7) is 2.09. The lowest BCUT2D eigenvalue weighted by Crippen LogP contribution is -2.11. The molecule has 7 nitrogen and oxygen atoms in total. The zero-order valence-electron chi connectivity index (χ0n) is 20.6. The highest BCUT2D eigenvalue weighted by Gasteiger charge is 2.29. The number of pyridine rings is 1. The second-order valence-electron chi connectivity index (χ2n) is 9.79. The van der Waals surface area contributed by atoms with E-state index in [0.29, 0.717) is 28.3 Å². The molecule has 0 amide bonds. The second-order valence-corrected chi connectivity index (χ2v) is 10.7. The Balaban J connectivity index is 1.67. The van der Waals surface area contributed by atoms with Gasteiger partial charge in [0.1, 0.15) is 11.4 Å². The van der Waals surface area contributed by atoms with Crippen molar-refractivity contribution in [2.45, 2.75) is 45.1 Å². The number of hydrogen-bond donors (Lipinski definition) is 1. The molecule has 1 N–H and O–H groups in total. The van der Waals surface area contributed by atoms with Gasteiger partial charge in [0.05, 0.1) is 22.5 Å². The maximum atomic E-state index is 14.0. The van der Waals surface area contributed by atoms with Crippen LogP contribution >= 0.6 is 0 Å². The molecule has 1 saturated carbocycles. The summed E-state index contributed by atoms with van der Waals surface area (Å²) in [6, 6.07) is 17.9. The SMILES string of the molecule is CCCCc1cc2c(=O)c3c4ccc(C#N)cc4[nH]c3n(C3CC3)c2cc1-c1cccc(OS(=O)(=O)F)c1. The van der Waals surface area contributed by atoms with Gasteiger partial charge >= 0.3 is 10.5 Å². The Morgan fingerprint density at radius 1 is 1.13 bits per heavy atom. The molecule has 0 saturated heterocycles. The third-order valence-electron chi connectivity index (χ3n) is 7.15. The number of hydrogen-bond acceptors (Lipinski definition) is 5. The predicted octanol–water partition coefficient (Wildman–Crippen LogP) is 6.45. The van der Waals surface area contributed by atoms with Gasteiger partial charge < -0.3 is 13.7 Å². The zero-order chi connectivity index (χ0) is 26.6. The van der Waals surface area contributed by atoms with Crippen molar-refractivity contribution >= 4 is 43.3 Å². The van der Waals surface area contributed by atoms with Crippen LogP contribution < -0.4 is 9.61 Å². The zero-order valence-corrected chi connectivity index (χ0v) is 21.4. The lowest BCUT2D eigenvalue weighted by Gasteiger charge is -2.17. The molecule has 6 rings (SSSR count). The van der Waals surface area contributed by atoms with Gasteiger partial charge in [-0.2, -0.15) is 13.7 Å². The Labute approximate surface area is 218 Å². The first kappa shape index (κ1) is 24.2. The summed E-state index contributed by atoms with van der Waals surface area (Å²) in [5.41, 5.74) is 5.13. The first-order valence-corrected chi connectivity index (χ1v) is 13.9. The van der Waals surface area contributed by atoms with Crippen molar-refractivity contribution in [3.63, 3.8) is 0 Å². The first-order chi connectivity index (χ1) is 18.3. The maximum Gasteiger partial charge on any atom is 0.488 e. The van der Waals surface area contributed by atoms with E-state index in [1.54, 1.807) is 18.2 Å². The van der Waals surface area contributed by atoms with Gasteiger partial charge in [0.15, 0.2) is 5.43 Å². The van der Waals surface area contributed by atoms with E-state index in [4.69, 9.17) is 0 Å². The summed E-state index contributed by atoms with van der Waals surface area (Å²) in [4.78, 5) is 17.4. The van der Waals surface area contributed by atoms with E-state index in [0.717, 1.165) is 58.9 Å². The Bertz CT molecular complexity index is 1960. The van der Waals surface area contributed by atoms with Gasteiger partial charge in [-0.25, -0.2) is 0 Å². The van der Waals surface area contributed by atoms with Crippen LogP contribution in [0, 0.1) is 11.3 Å². The monoisotopic (exact) mass is 529 g/mol. The van der Waals surface area contributed by atoms with Crippen LogP contribution in [0.15, 0.2) is 59.4 Å². The molecule has 0 spiro atoms. The number of unbranched alkanes of at least 4 members (excludes halogenated alkanes) is 1. The summed E-state index contributed by atoms with van der Waals surface area (Å²) in [6.07, 6.45) is 4.54. The van der Waals surface area contributed by atoms with Crippen LogP contribution in [0.4, 0.5) is 3.89 Å². The molecule has 2 heterocycles. The second kappa shape index (κ2) is 8.99. The standard InChI is InChI=1S/C29H24FN3O4S/c1-2-3-5-19-14-24-26(15-23(19)18-6-4-7-21(13-18)37-38(30,35)36)33(20-9-10-20)29-27(28(24)34)22-11-8-17(16-31)12-25(22)32-29/h4,6-8,11-15,20,32H,2-3,5,9-10H2,1H3. The van der Waals surface area contributed by atoms with Gasteiger partial charge in [0, 0.05) is 22.3 Å². The summed E-state index contributed by atoms with van der Waals surface area (Å²) in [7, 11) is -5.16. The van der Waals surface area contributed by atoms with Crippen LogP contribution in [-0.2, 0) is 16.9 Å². The highest BCUT2D eigenvalue weighted by atomic mass is 32.3. The molecule has 1 aliphatic rings. The normalized spacial score (nSPS) is 13.8. The van der Waals surface area contributed by atoms with E-state index in [1.807, 2.05) is 24.3 Å². The molecule has 0 aliphatic heterocycles. The average Bonchev–Trinajstić information content (AvgIpc) is 3.65. The number of rotatable bonds is 7. The number of aromatic nitrogens is 2. The first-order valence-electron chi connectivity index (χ1n) is 12.6. The van der Waals surface area contributed by atoms with E-state index in [-0.39, 0.29) is 17.2 Å². The van der Waals surface area contributed by atoms with E-state index >= 15 is 0 Å². The highest BCUT2D eigenvalue weighted by Crippen LogP contribution is 2.42. The Morgan fingerprint density at radius 3 is 2.66 bits per heavy atom. The molecule has 0 atom stereocenters. The largest absolute Gasteiger partial charge is 0.488 e. The number of nitriles is 1. The van der Waals surface area contributed by atoms with Gasteiger partial charge in [-0.05, 0) is 78.8 Å². The molecule has 0 bridgehead atoms. The lowest BCUT2D eigenvalue weighted by atomic mass is 9.93. The fourth-order valence-electron chi connectivity index (χ4n) is 5.32. The number of aromatic amines is 1. The van der Waals surface area contributed by atoms with E-state index in [1.165, 1.54) is 12.1 Å². The van der Waals surface area contributed by atoms with Gasteiger partial charge in [-0.3, -0.25) is 4.79 Å². The van der Waals surface area contributed by atoms with E-state index in [2.05, 4.69) is 26.7 Å². The van der Waals surface area contributed by atoms with Crippen molar-refractivity contribution in [1.82, 2.24) is 9.55 Å². The van der Waals surface area contributed by atoms with Gasteiger partial charge in [-0.1, -0.05) is 35.4 Å².